The van der Waals surface area contributed by atoms with Crippen molar-refractivity contribution in [2.24, 2.45) is 0 Å². The van der Waals surface area contributed by atoms with Crippen LogP contribution in [0.15, 0.2) is 53.9 Å². The van der Waals surface area contributed by atoms with Crippen molar-refractivity contribution in [1.29, 1.82) is 0 Å². The van der Waals surface area contributed by atoms with Crippen molar-refractivity contribution >= 4 is 32.2 Å². The SMILES string of the molecule is Cc1ccc(C)c(-c2csc(NC(=O)CCCS(=O)(=O)Cc3ccccc3)n2)c1. The molecule has 0 aliphatic rings. The molecule has 5 nitrogen and oxygen atoms in total. The highest BCUT2D eigenvalue weighted by molar-refractivity contribution is 7.90. The van der Waals surface area contributed by atoms with Gasteiger partial charge in [-0.1, -0.05) is 48.0 Å². The van der Waals surface area contributed by atoms with Gasteiger partial charge >= 0.3 is 0 Å². The van der Waals surface area contributed by atoms with Crippen LogP contribution in [0, 0.1) is 13.8 Å². The molecule has 3 rings (SSSR count). The lowest BCUT2D eigenvalue weighted by atomic mass is 10.0. The lowest BCUT2D eigenvalue weighted by Gasteiger charge is -2.05. The number of nitrogens with one attached hydrogen (secondary N) is 1. The third-order valence-corrected chi connectivity index (χ3v) is 6.95. The minimum atomic E-state index is -3.24. The minimum Gasteiger partial charge on any atom is -0.302 e. The Labute approximate surface area is 175 Å². The number of anilines is 1. The van der Waals surface area contributed by atoms with Crippen LogP contribution in [-0.4, -0.2) is 25.1 Å². The van der Waals surface area contributed by atoms with E-state index in [1.54, 1.807) is 12.1 Å². The van der Waals surface area contributed by atoms with E-state index in [0.717, 1.165) is 27.9 Å². The second-order valence-corrected chi connectivity index (χ2v) is 10.1. The molecule has 152 valence electrons. The zero-order chi connectivity index (χ0) is 20.9. The van der Waals surface area contributed by atoms with Crippen LogP contribution >= 0.6 is 11.3 Å². The first-order valence-electron chi connectivity index (χ1n) is 9.40. The Morgan fingerprint density at radius 3 is 2.62 bits per heavy atom. The number of rotatable bonds is 8. The van der Waals surface area contributed by atoms with Crippen molar-refractivity contribution < 1.29 is 13.2 Å². The standard InChI is InChI=1S/C22H24N2O3S2/c1-16-10-11-17(2)19(13-16)20-14-28-22(23-20)24-21(25)9-6-12-29(26,27)15-18-7-4-3-5-8-18/h3-5,7-8,10-11,13-14H,6,9,12,15H2,1-2H3,(H,23,24,25). The molecule has 0 bridgehead atoms. The summed E-state index contributed by atoms with van der Waals surface area (Å²) in [6, 6.07) is 15.3. The average molecular weight is 429 g/mol. The second kappa shape index (κ2) is 9.33. The molecule has 0 aliphatic heterocycles. The van der Waals surface area contributed by atoms with Crippen LogP contribution in [-0.2, 0) is 20.4 Å². The van der Waals surface area contributed by atoms with Gasteiger partial charge in [-0.15, -0.1) is 11.3 Å². The maximum atomic E-state index is 12.2. The van der Waals surface area contributed by atoms with Crippen LogP contribution in [0.3, 0.4) is 0 Å². The Hall–Kier alpha value is -2.51. The summed E-state index contributed by atoms with van der Waals surface area (Å²) in [5.41, 5.74) is 4.92. The molecular weight excluding hydrogens is 404 g/mol. The highest BCUT2D eigenvalue weighted by Crippen LogP contribution is 2.28. The maximum Gasteiger partial charge on any atom is 0.226 e. The van der Waals surface area contributed by atoms with Crippen molar-refractivity contribution in [2.75, 3.05) is 11.1 Å². The molecule has 2 aromatic carbocycles. The molecule has 3 aromatic rings. The first-order valence-corrected chi connectivity index (χ1v) is 12.1. The number of carbonyl (C=O) groups is 1. The summed E-state index contributed by atoms with van der Waals surface area (Å²) in [6.07, 6.45) is 0.433. The number of nitrogens with zero attached hydrogens (tertiary/aromatic N) is 1. The van der Waals surface area contributed by atoms with Gasteiger partial charge in [-0.05, 0) is 37.5 Å². The van der Waals surface area contributed by atoms with Crippen LogP contribution in [0.1, 0.15) is 29.5 Å². The molecule has 1 heterocycles. The molecule has 29 heavy (non-hydrogen) atoms. The topological polar surface area (TPSA) is 76.1 Å². The molecule has 0 aliphatic carbocycles. The summed E-state index contributed by atoms with van der Waals surface area (Å²) in [5.74, 6) is -0.232. The van der Waals surface area contributed by atoms with E-state index in [1.807, 2.05) is 37.4 Å². The van der Waals surface area contributed by atoms with E-state index in [-0.39, 0.29) is 30.3 Å². The van der Waals surface area contributed by atoms with E-state index < -0.39 is 9.84 Å². The highest BCUT2D eigenvalue weighted by Gasteiger charge is 2.14. The van der Waals surface area contributed by atoms with Crippen LogP contribution < -0.4 is 5.32 Å². The monoisotopic (exact) mass is 428 g/mol. The van der Waals surface area contributed by atoms with Gasteiger partial charge in [0.2, 0.25) is 5.91 Å². The summed E-state index contributed by atoms with van der Waals surface area (Å²) in [7, 11) is -3.24. The first kappa shape index (κ1) is 21.2. The number of sulfone groups is 1. The maximum absolute atomic E-state index is 12.2. The van der Waals surface area contributed by atoms with Gasteiger partial charge in [-0.3, -0.25) is 4.79 Å². The van der Waals surface area contributed by atoms with E-state index in [1.165, 1.54) is 11.3 Å². The number of thiazole rings is 1. The van der Waals surface area contributed by atoms with E-state index in [4.69, 9.17) is 0 Å². The molecule has 0 fully saturated rings. The summed E-state index contributed by atoms with van der Waals surface area (Å²) in [6.45, 7) is 4.06. The molecule has 0 atom stereocenters. The Morgan fingerprint density at radius 1 is 1.10 bits per heavy atom. The molecule has 7 heteroatoms. The van der Waals surface area contributed by atoms with Crippen molar-refractivity contribution in [3.63, 3.8) is 0 Å². The Morgan fingerprint density at radius 2 is 1.86 bits per heavy atom. The summed E-state index contributed by atoms with van der Waals surface area (Å²) < 4.78 is 24.4. The van der Waals surface area contributed by atoms with Crippen LogP contribution in [0.5, 0.6) is 0 Å². The van der Waals surface area contributed by atoms with Crippen LogP contribution in [0.25, 0.3) is 11.3 Å². The lowest BCUT2D eigenvalue weighted by molar-refractivity contribution is -0.116. The molecule has 1 amide bonds. The molecule has 0 radical (unpaired) electrons. The summed E-state index contributed by atoms with van der Waals surface area (Å²) >= 11 is 1.37. The predicted octanol–water partition coefficient (Wildman–Crippen LogP) is 4.76. The summed E-state index contributed by atoms with van der Waals surface area (Å²) in [5, 5.41) is 5.22. The number of amides is 1. The van der Waals surface area contributed by atoms with E-state index in [9.17, 15) is 13.2 Å². The van der Waals surface area contributed by atoms with Crippen molar-refractivity contribution in [3.8, 4) is 11.3 Å². The number of hydrogen-bond acceptors (Lipinski definition) is 5. The number of benzene rings is 2. The fourth-order valence-electron chi connectivity index (χ4n) is 3.00. The molecule has 1 aromatic heterocycles. The first-order chi connectivity index (χ1) is 13.8. The van der Waals surface area contributed by atoms with Gasteiger partial charge in [0.1, 0.15) is 0 Å². The number of hydrogen-bond donors (Lipinski definition) is 1. The van der Waals surface area contributed by atoms with Gasteiger partial charge < -0.3 is 5.32 Å². The normalized spacial score (nSPS) is 11.4. The molecule has 1 N–H and O–H groups in total. The summed E-state index contributed by atoms with van der Waals surface area (Å²) in [4.78, 5) is 16.7. The van der Waals surface area contributed by atoms with Crippen molar-refractivity contribution in [1.82, 2.24) is 4.98 Å². The third kappa shape index (κ3) is 6.24. The zero-order valence-corrected chi connectivity index (χ0v) is 18.1. The number of carbonyl (C=O) groups excluding carboxylic acids is 1. The molecule has 0 saturated carbocycles. The minimum absolute atomic E-state index is 0.00113. The fourth-order valence-corrected chi connectivity index (χ4v) is 5.16. The van der Waals surface area contributed by atoms with Gasteiger partial charge in [0.05, 0.1) is 17.2 Å². The van der Waals surface area contributed by atoms with Crippen molar-refractivity contribution in [2.45, 2.75) is 32.4 Å². The molecule has 0 spiro atoms. The molecule has 0 saturated heterocycles. The Bertz CT molecular complexity index is 1090. The van der Waals surface area contributed by atoms with E-state index in [2.05, 4.69) is 28.5 Å². The van der Waals surface area contributed by atoms with E-state index >= 15 is 0 Å². The Kier molecular flexibility index (Phi) is 6.82. The smallest absolute Gasteiger partial charge is 0.226 e. The van der Waals surface area contributed by atoms with Gasteiger partial charge in [-0.2, -0.15) is 0 Å². The highest BCUT2D eigenvalue weighted by atomic mass is 32.2. The number of aryl methyl sites for hydroxylation is 2. The van der Waals surface area contributed by atoms with Gasteiger partial charge in [0.25, 0.3) is 0 Å². The second-order valence-electron chi connectivity index (χ2n) is 7.09. The van der Waals surface area contributed by atoms with E-state index in [0.29, 0.717) is 5.13 Å². The lowest BCUT2D eigenvalue weighted by Crippen LogP contribution is -2.15. The van der Waals surface area contributed by atoms with Crippen LogP contribution in [0.2, 0.25) is 0 Å². The average Bonchev–Trinajstić information content (AvgIpc) is 3.12. The van der Waals surface area contributed by atoms with Gasteiger partial charge in [0, 0.05) is 17.4 Å². The fraction of sp³-hybridized carbons (Fsp3) is 0.273. The molecule has 0 unspecified atom stereocenters. The largest absolute Gasteiger partial charge is 0.302 e. The van der Waals surface area contributed by atoms with Gasteiger partial charge in [0.15, 0.2) is 15.0 Å². The quantitative estimate of drug-likeness (QED) is 0.561. The predicted molar refractivity (Wildman–Crippen MR) is 119 cm³/mol. The van der Waals surface area contributed by atoms with Crippen molar-refractivity contribution in [3.05, 3.63) is 70.6 Å². The third-order valence-electron chi connectivity index (χ3n) is 4.51. The zero-order valence-electron chi connectivity index (χ0n) is 16.5. The Balaban J connectivity index is 1.51. The number of aromatic nitrogens is 1. The van der Waals surface area contributed by atoms with Crippen LogP contribution in [0.4, 0.5) is 5.13 Å². The van der Waals surface area contributed by atoms with Gasteiger partial charge in [-0.25, -0.2) is 13.4 Å². The molecular formula is C22H24N2O3S2.